The summed E-state index contributed by atoms with van der Waals surface area (Å²) in [6.45, 7) is 3.23. The van der Waals surface area contributed by atoms with Gasteiger partial charge >= 0.3 is 5.97 Å². The number of sulfonamides is 1. The number of nitrogens with zero attached hydrogens (tertiary/aromatic N) is 1. The van der Waals surface area contributed by atoms with Crippen molar-refractivity contribution in [3.63, 3.8) is 0 Å². The molecule has 0 unspecified atom stereocenters. The SMILES string of the molecule is COC(=O)c1cc(S(=O)(=O)NCCCN2c3ccccc3C[C@@H]2C)ccc1Cl. The van der Waals surface area contributed by atoms with Crippen molar-refractivity contribution in [1.82, 2.24) is 4.72 Å². The van der Waals surface area contributed by atoms with Gasteiger partial charge in [-0.1, -0.05) is 29.8 Å². The molecule has 1 aliphatic rings. The Hall–Kier alpha value is -2.09. The van der Waals surface area contributed by atoms with Crippen LogP contribution in [0.25, 0.3) is 0 Å². The Balaban J connectivity index is 1.61. The number of anilines is 1. The van der Waals surface area contributed by atoms with Crippen LogP contribution < -0.4 is 9.62 Å². The van der Waals surface area contributed by atoms with E-state index in [2.05, 4.69) is 33.4 Å². The van der Waals surface area contributed by atoms with Gasteiger partial charge in [0.2, 0.25) is 10.0 Å². The Morgan fingerprint density at radius 1 is 1.29 bits per heavy atom. The van der Waals surface area contributed by atoms with Crippen LogP contribution in [0, 0.1) is 0 Å². The van der Waals surface area contributed by atoms with Crippen LogP contribution in [-0.4, -0.2) is 40.6 Å². The van der Waals surface area contributed by atoms with Crippen molar-refractivity contribution < 1.29 is 17.9 Å². The van der Waals surface area contributed by atoms with E-state index in [-0.39, 0.29) is 15.5 Å². The maximum absolute atomic E-state index is 12.5. The minimum Gasteiger partial charge on any atom is -0.465 e. The quantitative estimate of drug-likeness (QED) is 0.547. The molecule has 0 spiro atoms. The maximum Gasteiger partial charge on any atom is 0.339 e. The number of halogens is 1. The lowest BCUT2D eigenvalue weighted by atomic mass is 10.1. The third-order valence-corrected chi connectivity index (χ3v) is 6.66. The number of benzene rings is 2. The summed E-state index contributed by atoms with van der Waals surface area (Å²) >= 11 is 5.95. The number of ether oxygens (including phenoxy) is 1. The van der Waals surface area contributed by atoms with Gasteiger partial charge in [-0.25, -0.2) is 17.9 Å². The highest BCUT2D eigenvalue weighted by molar-refractivity contribution is 7.89. The molecule has 1 heterocycles. The number of hydrogen-bond acceptors (Lipinski definition) is 5. The van der Waals surface area contributed by atoms with Gasteiger partial charge in [0.05, 0.1) is 22.6 Å². The highest BCUT2D eigenvalue weighted by atomic mass is 35.5. The lowest BCUT2D eigenvalue weighted by Gasteiger charge is -2.24. The van der Waals surface area contributed by atoms with Crippen molar-refractivity contribution in [2.24, 2.45) is 0 Å². The number of hydrogen-bond donors (Lipinski definition) is 1. The molecule has 8 heteroatoms. The first-order valence-electron chi connectivity index (χ1n) is 9.05. The number of para-hydroxylation sites is 1. The number of carbonyl (C=O) groups is 1. The van der Waals surface area contributed by atoms with Crippen molar-refractivity contribution >= 4 is 33.3 Å². The molecule has 0 bridgehead atoms. The molecule has 0 aromatic heterocycles. The van der Waals surface area contributed by atoms with Gasteiger partial charge in [0, 0.05) is 24.8 Å². The zero-order chi connectivity index (χ0) is 20.3. The first kappa shape index (κ1) is 20.6. The molecule has 6 nitrogen and oxygen atoms in total. The molecule has 2 aromatic rings. The van der Waals surface area contributed by atoms with Crippen molar-refractivity contribution in [1.29, 1.82) is 0 Å². The van der Waals surface area contributed by atoms with E-state index < -0.39 is 16.0 Å². The summed E-state index contributed by atoms with van der Waals surface area (Å²) in [4.78, 5) is 14.0. The Morgan fingerprint density at radius 2 is 2.04 bits per heavy atom. The largest absolute Gasteiger partial charge is 0.465 e. The van der Waals surface area contributed by atoms with Crippen LogP contribution in [0.5, 0.6) is 0 Å². The van der Waals surface area contributed by atoms with E-state index in [0.717, 1.165) is 13.0 Å². The molecule has 0 fully saturated rings. The highest BCUT2D eigenvalue weighted by Crippen LogP contribution is 2.31. The fourth-order valence-corrected chi connectivity index (χ4v) is 4.74. The third-order valence-electron chi connectivity index (χ3n) is 4.87. The third kappa shape index (κ3) is 4.32. The molecule has 0 saturated carbocycles. The van der Waals surface area contributed by atoms with Crippen molar-refractivity contribution in [3.05, 3.63) is 58.6 Å². The second kappa shape index (κ2) is 8.51. The molecule has 1 N–H and O–H groups in total. The molecule has 0 radical (unpaired) electrons. The number of rotatable bonds is 7. The highest BCUT2D eigenvalue weighted by Gasteiger charge is 2.25. The summed E-state index contributed by atoms with van der Waals surface area (Å²) in [5, 5.41) is 0.146. The van der Waals surface area contributed by atoms with Gasteiger partial charge in [-0.05, 0) is 49.6 Å². The summed E-state index contributed by atoms with van der Waals surface area (Å²) < 4.78 is 32.3. The molecular weight excluding hydrogens is 400 g/mol. The normalized spacial score (nSPS) is 16.1. The van der Waals surface area contributed by atoms with Crippen LogP contribution in [0.3, 0.4) is 0 Å². The Labute approximate surface area is 170 Å². The van der Waals surface area contributed by atoms with Crippen molar-refractivity contribution in [2.45, 2.75) is 30.7 Å². The molecule has 0 aliphatic carbocycles. The van der Waals surface area contributed by atoms with E-state index in [9.17, 15) is 13.2 Å². The molecule has 2 aromatic carbocycles. The van der Waals surface area contributed by atoms with Gasteiger partial charge in [-0.15, -0.1) is 0 Å². The van der Waals surface area contributed by atoms with Gasteiger partial charge in [0.25, 0.3) is 0 Å². The van der Waals surface area contributed by atoms with Gasteiger partial charge in [-0.3, -0.25) is 0 Å². The van der Waals surface area contributed by atoms with E-state index in [1.165, 1.54) is 36.6 Å². The van der Waals surface area contributed by atoms with Gasteiger partial charge in [0.15, 0.2) is 0 Å². The second-order valence-corrected chi connectivity index (χ2v) is 8.93. The van der Waals surface area contributed by atoms with E-state index in [0.29, 0.717) is 19.0 Å². The van der Waals surface area contributed by atoms with E-state index in [1.54, 1.807) is 0 Å². The summed E-state index contributed by atoms with van der Waals surface area (Å²) in [5.74, 6) is -0.677. The fourth-order valence-electron chi connectivity index (χ4n) is 3.45. The van der Waals surface area contributed by atoms with Crippen LogP contribution in [0.2, 0.25) is 5.02 Å². The molecule has 1 atom stereocenters. The summed E-state index contributed by atoms with van der Waals surface area (Å²) in [7, 11) is -2.53. The number of esters is 1. The van der Waals surface area contributed by atoms with Crippen molar-refractivity contribution in [3.8, 4) is 0 Å². The van der Waals surface area contributed by atoms with Crippen LogP contribution >= 0.6 is 11.6 Å². The van der Waals surface area contributed by atoms with Gasteiger partial charge in [-0.2, -0.15) is 0 Å². The monoisotopic (exact) mass is 422 g/mol. The molecule has 150 valence electrons. The lowest BCUT2D eigenvalue weighted by molar-refractivity contribution is 0.0600. The topological polar surface area (TPSA) is 75.7 Å². The molecule has 28 heavy (non-hydrogen) atoms. The van der Waals surface area contributed by atoms with E-state index >= 15 is 0 Å². The summed E-state index contributed by atoms with van der Waals surface area (Å²) in [6.07, 6.45) is 1.67. The Kier molecular flexibility index (Phi) is 6.27. The average Bonchev–Trinajstić information content (AvgIpc) is 3.00. The number of nitrogens with one attached hydrogen (secondary N) is 1. The van der Waals surface area contributed by atoms with Crippen LogP contribution in [0.4, 0.5) is 5.69 Å². The zero-order valence-electron chi connectivity index (χ0n) is 15.8. The predicted octanol–water partition coefficient (Wildman–Crippen LogP) is 3.25. The number of methoxy groups -OCH3 is 1. The molecule has 0 saturated heterocycles. The Bertz CT molecular complexity index is 978. The number of carbonyl (C=O) groups excluding carboxylic acids is 1. The van der Waals surface area contributed by atoms with Crippen LogP contribution in [-0.2, 0) is 21.2 Å². The standard InChI is InChI=1S/C20H23ClN2O4S/c1-14-12-15-6-3-4-7-19(15)23(14)11-5-10-22-28(25,26)16-8-9-18(21)17(13-16)20(24)27-2/h3-4,6-9,13-14,22H,5,10-12H2,1-2H3/t14-/m0/s1. The molecule has 1 aliphatic heterocycles. The molecular formula is C20H23ClN2O4S. The fraction of sp³-hybridized carbons (Fsp3) is 0.350. The maximum atomic E-state index is 12.5. The average molecular weight is 423 g/mol. The Morgan fingerprint density at radius 3 is 2.79 bits per heavy atom. The first-order valence-corrected chi connectivity index (χ1v) is 10.9. The molecule has 3 rings (SSSR count). The second-order valence-electron chi connectivity index (χ2n) is 6.76. The van der Waals surface area contributed by atoms with Gasteiger partial charge < -0.3 is 9.64 Å². The van der Waals surface area contributed by atoms with Gasteiger partial charge in [0.1, 0.15) is 0 Å². The predicted molar refractivity (Wildman–Crippen MR) is 110 cm³/mol. The summed E-state index contributed by atoms with van der Waals surface area (Å²) in [5.41, 5.74) is 2.57. The first-order chi connectivity index (χ1) is 13.3. The van der Waals surface area contributed by atoms with E-state index in [4.69, 9.17) is 11.6 Å². The zero-order valence-corrected chi connectivity index (χ0v) is 17.4. The molecule has 0 amide bonds. The minimum absolute atomic E-state index is 0.0165. The minimum atomic E-state index is -3.75. The van der Waals surface area contributed by atoms with Crippen LogP contribution in [0.1, 0.15) is 29.3 Å². The smallest absolute Gasteiger partial charge is 0.339 e. The lowest BCUT2D eigenvalue weighted by Crippen LogP contribution is -2.33. The summed E-state index contributed by atoms with van der Waals surface area (Å²) in [6, 6.07) is 12.7. The number of fused-ring (bicyclic) bond motifs is 1. The van der Waals surface area contributed by atoms with Crippen molar-refractivity contribution in [2.75, 3.05) is 25.1 Å². The van der Waals surface area contributed by atoms with Crippen LogP contribution in [0.15, 0.2) is 47.4 Å². The van der Waals surface area contributed by atoms with E-state index in [1.807, 2.05) is 12.1 Å².